The number of ether oxygens (including phenoxy) is 1. The zero-order valence-electron chi connectivity index (χ0n) is 17.4. The van der Waals surface area contributed by atoms with Gasteiger partial charge in [0, 0.05) is 37.6 Å². The van der Waals surface area contributed by atoms with Crippen LogP contribution in [-0.2, 0) is 14.3 Å². The van der Waals surface area contributed by atoms with Gasteiger partial charge in [0.2, 0.25) is 11.8 Å². The van der Waals surface area contributed by atoms with Crippen molar-refractivity contribution < 1.29 is 14.3 Å². The summed E-state index contributed by atoms with van der Waals surface area (Å²) in [7, 11) is 0. The fraction of sp³-hybridized carbons (Fsp3) is 0.636. The number of carbonyl (C=O) groups is 2. The van der Waals surface area contributed by atoms with E-state index in [4.69, 9.17) is 4.74 Å². The second-order valence-corrected chi connectivity index (χ2v) is 9.55. The van der Waals surface area contributed by atoms with Crippen LogP contribution in [0.1, 0.15) is 26.7 Å². The molecule has 0 spiro atoms. The van der Waals surface area contributed by atoms with Gasteiger partial charge in [-0.3, -0.25) is 14.5 Å². The first-order chi connectivity index (χ1) is 14.0. The highest BCUT2D eigenvalue weighted by molar-refractivity contribution is 8.00. The summed E-state index contributed by atoms with van der Waals surface area (Å²) in [5, 5.41) is 0. The second-order valence-electron chi connectivity index (χ2n) is 8.54. The van der Waals surface area contributed by atoms with Gasteiger partial charge in [0.1, 0.15) is 6.54 Å². The molecule has 0 N–H and O–H groups in total. The highest BCUT2D eigenvalue weighted by atomic mass is 32.2. The Kier molecular flexibility index (Phi) is 6.47. The summed E-state index contributed by atoms with van der Waals surface area (Å²) in [6.07, 6.45) is 2.66. The van der Waals surface area contributed by atoms with Crippen LogP contribution in [0, 0.1) is 5.92 Å². The number of hydrogen-bond acceptors (Lipinski definition) is 5. The third kappa shape index (κ3) is 4.95. The normalized spacial score (nSPS) is 26.5. The molecule has 7 heteroatoms. The molecule has 3 aliphatic rings. The maximum atomic E-state index is 12.9. The van der Waals surface area contributed by atoms with Gasteiger partial charge >= 0.3 is 0 Å². The molecule has 0 radical (unpaired) electrons. The highest BCUT2D eigenvalue weighted by Crippen LogP contribution is 2.35. The van der Waals surface area contributed by atoms with E-state index in [-0.39, 0.29) is 18.4 Å². The standard InChI is InChI=1S/C22H31N3O3S/c1-16-11-23(12-17(2)28-16)13-18-7-9-24(10-8-18)21(26)14-25-19-5-3-4-6-20(19)29-15-22(25)27/h3-6,16-18H,7-15H2,1-2H3. The van der Waals surface area contributed by atoms with Gasteiger partial charge in [0.05, 0.1) is 23.6 Å². The fourth-order valence-electron chi connectivity index (χ4n) is 4.73. The topological polar surface area (TPSA) is 53.1 Å². The minimum Gasteiger partial charge on any atom is -0.373 e. The van der Waals surface area contributed by atoms with Gasteiger partial charge in [-0.05, 0) is 44.7 Å². The van der Waals surface area contributed by atoms with E-state index in [0.29, 0.717) is 23.9 Å². The van der Waals surface area contributed by atoms with Gasteiger partial charge in [-0.2, -0.15) is 0 Å². The Morgan fingerprint density at radius 2 is 1.83 bits per heavy atom. The number of fused-ring (bicyclic) bond motifs is 1. The molecule has 1 aromatic carbocycles. The number of para-hydroxylation sites is 1. The number of rotatable bonds is 4. The molecule has 3 aliphatic heterocycles. The SMILES string of the molecule is CC1CN(CC2CCN(C(=O)CN3C(=O)CSc4ccccc43)CC2)CC(C)O1. The first-order valence-corrected chi connectivity index (χ1v) is 11.7. The van der Waals surface area contributed by atoms with E-state index in [1.165, 1.54) is 0 Å². The number of piperidine rings is 1. The monoisotopic (exact) mass is 417 g/mol. The van der Waals surface area contributed by atoms with E-state index in [1.54, 1.807) is 16.7 Å². The molecule has 2 unspecified atom stereocenters. The highest BCUT2D eigenvalue weighted by Gasteiger charge is 2.31. The van der Waals surface area contributed by atoms with Crippen molar-refractivity contribution in [2.75, 3.05) is 49.9 Å². The maximum Gasteiger partial charge on any atom is 0.242 e. The third-order valence-electron chi connectivity index (χ3n) is 6.08. The Hall–Kier alpha value is -1.57. The summed E-state index contributed by atoms with van der Waals surface area (Å²) in [6.45, 7) is 9.10. The summed E-state index contributed by atoms with van der Waals surface area (Å²) in [4.78, 5) is 32.5. The zero-order valence-corrected chi connectivity index (χ0v) is 18.2. The van der Waals surface area contributed by atoms with E-state index >= 15 is 0 Å². The van der Waals surface area contributed by atoms with Crippen LogP contribution in [0.5, 0.6) is 0 Å². The first-order valence-electron chi connectivity index (χ1n) is 10.7. The van der Waals surface area contributed by atoms with Gasteiger partial charge in [-0.25, -0.2) is 0 Å². The maximum absolute atomic E-state index is 12.9. The molecule has 2 atom stereocenters. The second kappa shape index (κ2) is 9.06. The van der Waals surface area contributed by atoms with Crippen molar-refractivity contribution in [2.24, 2.45) is 5.92 Å². The van der Waals surface area contributed by atoms with Gasteiger partial charge in [0.15, 0.2) is 0 Å². The summed E-state index contributed by atoms with van der Waals surface area (Å²) < 4.78 is 5.83. The fourth-order valence-corrected chi connectivity index (χ4v) is 5.66. The number of anilines is 1. The van der Waals surface area contributed by atoms with Gasteiger partial charge in [0.25, 0.3) is 0 Å². The molecule has 1 aromatic rings. The molecule has 0 aromatic heterocycles. The van der Waals surface area contributed by atoms with Crippen molar-refractivity contribution in [1.29, 1.82) is 0 Å². The van der Waals surface area contributed by atoms with Crippen LogP contribution in [0.25, 0.3) is 0 Å². The average molecular weight is 418 g/mol. The Labute approximate surface area is 177 Å². The van der Waals surface area contributed by atoms with Crippen LogP contribution in [0.15, 0.2) is 29.2 Å². The molecule has 29 heavy (non-hydrogen) atoms. The quantitative estimate of drug-likeness (QED) is 0.753. The molecule has 2 saturated heterocycles. The van der Waals surface area contributed by atoms with Crippen LogP contribution in [0.2, 0.25) is 0 Å². The minimum atomic E-state index is 0.0208. The lowest BCUT2D eigenvalue weighted by Crippen LogP contribution is -2.50. The largest absolute Gasteiger partial charge is 0.373 e. The molecular weight excluding hydrogens is 386 g/mol. The van der Waals surface area contributed by atoms with Gasteiger partial charge in [-0.15, -0.1) is 11.8 Å². The summed E-state index contributed by atoms with van der Waals surface area (Å²) >= 11 is 1.55. The number of carbonyl (C=O) groups excluding carboxylic acids is 2. The lowest BCUT2D eigenvalue weighted by atomic mass is 9.95. The van der Waals surface area contributed by atoms with Gasteiger partial charge in [-0.1, -0.05) is 12.1 Å². The Morgan fingerprint density at radius 3 is 2.55 bits per heavy atom. The number of benzene rings is 1. The van der Waals surface area contributed by atoms with Crippen LogP contribution < -0.4 is 4.90 Å². The Bertz CT molecular complexity index is 741. The molecule has 2 amide bonds. The number of hydrogen-bond donors (Lipinski definition) is 0. The van der Waals surface area contributed by atoms with Crippen LogP contribution in [0.4, 0.5) is 5.69 Å². The summed E-state index contributed by atoms with van der Waals surface area (Å²) in [6, 6.07) is 7.85. The van der Waals surface area contributed by atoms with E-state index in [1.807, 2.05) is 29.2 Å². The van der Waals surface area contributed by atoms with Crippen molar-refractivity contribution >= 4 is 29.3 Å². The third-order valence-corrected chi connectivity index (χ3v) is 7.13. The van der Waals surface area contributed by atoms with Gasteiger partial charge < -0.3 is 14.5 Å². The number of thioether (sulfide) groups is 1. The molecule has 4 rings (SSSR count). The number of morpholine rings is 1. The van der Waals surface area contributed by atoms with E-state index in [9.17, 15) is 9.59 Å². The minimum absolute atomic E-state index is 0.0208. The molecular formula is C22H31N3O3S. The van der Waals surface area contributed by atoms with Crippen LogP contribution in [-0.4, -0.2) is 78.8 Å². The smallest absolute Gasteiger partial charge is 0.242 e. The van der Waals surface area contributed by atoms with Crippen LogP contribution >= 0.6 is 11.8 Å². The molecule has 0 bridgehead atoms. The van der Waals surface area contributed by atoms with Crippen molar-refractivity contribution in [3.05, 3.63) is 24.3 Å². The molecule has 0 saturated carbocycles. The van der Waals surface area contributed by atoms with E-state index in [2.05, 4.69) is 18.7 Å². The Morgan fingerprint density at radius 1 is 1.14 bits per heavy atom. The van der Waals surface area contributed by atoms with Crippen molar-refractivity contribution in [3.63, 3.8) is 0 Å². The molecule has 2 fully saturated rings. The number of likely N-dealkylation sites (tertiary alicyclic amines) is 1. The molecule has 158 valence electrons. The first kappa shape index (κ1) is 20.7. The number of amides is 2. The van der Waals surface area contributed by atoms with Crippen LogP contribution in [0.3, 0.4) is 0 Å². The Balaban J connectivity index is 1.29. The predicted octanol–water partition coefficient (Wildman–Crippen LogP) is 2.47. The molecule has 3 heterocycles. The predicted molar refractivity (Wildman–Crippen MR) is 115 cm³/mol. The molecule has 0 aliphatic carbocycles. The lowest BCUT2D eigenvalue weighted by Gasteiger charge is -2.40. The summed E-state index contributed by atoms with van der Waals surface area (Å²) in [5.74, 6) is 1.12. The van der Waals surface area contributed by atoms with E-state index in [0.717, 1.165) is 56.1 Å². The van der Waals surface area contributed by atoms with Crippen molar-refractivity contribution in [1.82, 2.24) is 9.80 Å². The lowest BCUT2D eigenvalue weighted by molar-refractivity contribution is -0.132. The zero-order chi connectivity index (χ0) is 20.4. The molecule has 6 nitrogen and oxygen atoms in total. The summed E-state index contributed by atoms with van der Waals surface area (Å²) in [5.41, 5.74) is 0.868. The van der Waals surface area contributed by atoms with E-state index < -0.39 is 0 Å². The van der Waals surface area contributed by atoms with Crippen molar-refractivity contribution in [2.45, 2.75) is 43.8 Å². The van der Waals surface area contributed by atoms with Crippen molar-refractivity contribution in [3.8, 4) is 0 Å². The average Bonchev–Trinajstić information content (AvgIpc) is 2.70. The number of nitrogens with zero attached hydrogens (tertiary/aromatic N) is 3.